The first-order valence-electron chi connectivity index (χ1n) is 6.18. The summed E-state index contributed by atoms with van der Waals surface area (Å²) in [5, 5.41) is 9.90. The molecule has 1 aromatic carbocycles. The minimum Gasteiger partial charge on any atom is -0.388 e. The van der Waals surface area contributed by atoms with Gasteiger partial charge >= 0.3 is 0 Å². The molecule has 1 atom stereocenters. The predicted molar refractivity (Wildman–Crippen MR) is 71.9 cm³/mol. The lowest BCUT2D eigenvalue weighted by atomic mass is 10.1. The molecule has 1 saturated heterocycles. The number of β-amino-alcohol motifs (C(OH)–C–C–N with tert-alkyl or cyclic N) is 1. The highest BCUT2D eigenvalue weighted by Gasteiger charge is 2.34. The third-order valence-electron chi connectivity index (χ3n) is 3.35. The molecule has 0 spiro atoms. The maximum absolute atomic E-state index is 12.3. The van der Waals surface area contributed by atoms with Crippen LogP contribution in [0.2, 0.25) is 0 Å². The van der Waals surface area contributed by atoms with Gasteiger partial charge in [0.2, 0.25) is 0 Å². The van der Waals surface area contributed by atoms with Crippen molar-refractivity contribution in [1.29, 1.82) is 0 Å². The zero-order valence-electron chi connectivity index (χ0n) is 11.2. The predicted octanol–water partition coefficient (Wildman–Crippen LogP) is 1.35. The van der Waals surface area contributed by atoms with Crippen molar-refractivity contribution < 1.29 is 9.90 Å². The van der Waals surface area contributed by atoms with Crippen LogP contribution < -0.4 is 4.90 Å². The van der Waals surface area contributed by atoms with E-state index < -0.39 is 5.60 Å². The topological polar surface area (TPSA) is 43.8 Å². The Morgan fingerprint density at radius 1 is 1.44 bits per heavy atom. The number of hydrogen-bond acceptors (Lipinski definition) is 3. The van der Waals surface area contributed by atoms with Crippen molar-refractivity contribution in [3.05, 3.63) is 29.8 Å². The average Bonchev–Trinajstić information content (AvgIpc) is 2.69. The molecule has 0 bridgehead atoms. The van der Waals surface area contributed by atoms with Gasteiger partial charge in [-0.3, -0.25) is 4.79 Å². The quantitative estimate of drug-likeness (QED) is 0.859. The van der Waals surface area contributed by atoms with Crippen molar-refractivity contribution in [1.82, 2.24) is 4.90 Å². The second-order valence-corrected chi connectivity index (χ2v) is 5.42. The Labute approximate surface area is 108 Å². The van der Waals surface area contributed by atoms with E-state index in [2.05, 4.69) is 0 Å². The average molecular weight is 248 g/mol. The molecule has 2 rings (SSSR count). The lowest BCUT2D eigenvalue weighted by Crippen LogP contribution is -2.33. The number of benzene rings is 1. The molecule has 1 fully saturated rings. The Kier molecular flexibility index (Phi) is 3.30. The van der Waals surface area contributed by atoms with Crippen LogP contribution in [0.5, 0.6) is 0 Å². The highest BCUT2D eigenvalue weighted by atomic mass is 16.3. The van der Waals surface area contributed by atoms with Crippen LogP contribution in [0.3, 0.4) is 0 Å². The number of amides is 1. The van der Waals surface area contributed by atoms with Crippen LogP contribution in [-0.2, 0) is 0 Å². The zero-order valence-corrected chi connectivity index (χ0v) is 11.2. The van der Waals surface area contributed by atoms with Gasteiger partial charge in [0.25, 0.3) is 5.91 Å². The minimum atomic E-state index is -0.741. The number of carbonyl (C=O) groups is 1. The monoisotopic (exact) mass is 248 g/mol. The molecule has 1 heterocycles. The maximum atomic E-state index is 12.3. The summed E-state index contributed by atoms with van der Waals surface area (Å²) in [6, 6.07) is 7.56. The maximum Gasteiger partial charge on any atom is 0.254 e. The number of rotatable bonds is 2. The summed E-state index contributed by atoms with van der Waals surface area (Å²) in [7, 11) is 3.90. The summed E-state index contributed by atoms with van der Waals surface area (Å²) in [6.07, 6.45) is 0.645. The van der Waals surface area contributed by atoms with Crippen molar-refractivity contribution >= 4 is 11.6 Å². The van der Waals surface area contributed by atoms with Gasteiger partial charge in [-0.25, -0.2) is 0 Å². The summed E-state index contributed by atoms with van der Waals surface area (Å²) >= 11 is 0. The van der Waals surface area contributed by atoms with E-state index in [0.29, 0.717) is 25.1 Å². The number of aliphatic hydroxyl groups is 1. The van der Waals surface area contributed by atoms with Crippen molar-refractivity contribution in [2.45, 2.75) is 18.9 Å². The van der Waals surface area contributed by atoms with Gasteiger partial charge in [-0.05, 0) is 31.5 Å². The van der Waals surface area contributed by atoms with Gasteiger partial charge in [-0.2, -0.15) is 0 Å². The lowest BCUT2D eigenvalue weighted by Gasteiger charge is -2.20. The largest absolute Gasteiger partial charge is 0.388 e. The highest BCUT2D eigenvalue weighted by Crippen LogP contribution is 2.23. The summed E-state index contributed by atoms with van der Waals surface area (Å²) in [5.74, 6) is -0.00326. The number of anilines is 1. The molecule has 4 heteroatoms. The van der Waals surface area contributed by atoms with Gasteiger partial charge in [0.1, 0.15) is 0 Å². The minimum absolute atomic E-state index is 0.00326. The van der Waals surface area contributed by atoms with E-state index in [1.54, 1.807) is 11.8 Å². The fourth-order valence-corrected chi connectivity index (χ4v) is 2.22. The van der Waals surface area contributed by atoms with Gasteiger partial charge in [-0.15, -0.1) is 0 Å². The number of likely N-dealkylation sites (tertiary alicyclic amines) is 1. The van der Waals surface area contributed by atoms with Crippen LogP contribution in [0.4, 0.5) is 5.69 Å². The first-order chi connectivity index (χ1) is 8.39. The molecule has 4 nitrogen and oxygen atoms in total. The lowest BCUT2D eigenvalue weighted by molar-refractivity contribution is 0.0572. The molecule has 0 radical (unpaired) electrons. The van der Waals surface area contributed by atoms with Crippen LogP contribution in [0.1, 0.15) is 23.7 Å². The molecule has 18 heavy (non-hydrogen) atoms. The van der Waals surface area contributed by atoms with Gasteiger partial charge in [0, 0.05) is 38.4 Å². The van der Waals surface area contributed by atoms with Gasteiger partial charge in [0.05, 0.1) is 5.60 Å². The van der Waals surface area contributed by atoms with E-state index in [-0.39, 0.29) is 5.91 Å². The first-order valence-corrected chi connectivity index (χ1v) is 6.18. The molecule has 0 aromatic heterocycles. The molecule has 0 aliphatic carbocycles. The second-order valence-electron chi connectivity index (χ2n) is 5.42. The molecule has 0 saturated carbocycles. The van der Waals surface area contributed by atoms with E-state index >= 15 is 0 Å². The summed E-state index contributed by atoms with van der Waals surface area (Å²) in [5.41, 5.74) is 0.945. The third-order valence-corrected chi connectivity index (χ3v) is 3.35. The Balaban J connectivity index is 2.17. The van der Waals surface area contributed by atoms with Crippen LogP contribution in [0.15, 0.2) is 24.3 Å². The summed E-state index contributed by atoms with van der Waals surface area (Å²) < 4.78 is 0. The zero-order chi connectivity index (χ0) is 13.3. The van der Waals surface area contributed by atoms with Gasteiger partial charge in [-0.1, -0.05) is 6.07 Å². The number of nitrogens with zero attached hydrogens (tertiary/aromatic N) is 2. The fourth-order valence-electron chi connectivity index (χ4n) is 2.22. The first kappa shape index (κ1) is 12.9. The Bertz CT molecular complexity index is 455. The van der Waals surface area contributed by atoms with E-state index in [1.807, 2.05) is 43.3 Å². The van der Waals surface area contributed by atoms with E-state index in [4.69, 9.17) is 0 Å². The van der Waals surface area contributed by atoms with Crippen LogP contribution >= 0.6 is 0 Å². The molecule has 1 aliphatic rings. The number of hydrogen-bond donors (Lipinski definition) is 1. The third kappa shape index (κ3) is 2.64. The molecule has 1 aliphatic heterocycles. The summed E-state index contributed by atoms with van der Waals surface area (Å²) in [6.45, 7) is 2.81. The molecule has 98 valence electrons. The van der Waals surface area contributed by atoms with E-state index in [1.165, 1.54) is 0 Å². The van der Waals surface area contributed by atoms with Gasteiger partial charge < -0.3 is 14.9 Å². The Hall–Kier alpha value is -1.55. The van der Waals surface area contributed by atoms with Crippen LogP contribution in [-0.4, -0.2) is 48.7 Å². The van der Waals surface area contributed by atoms with Crippen molar-refractivity contribution in [3.63, 3.8) is 0 Å². The normalized spacial score (nSPS) is 23.2. The van der Waals surface area contributed by atoms with Crippen molar-refractivity contribution in [3.8, 4) is 0 Å². The molecule has 1 aromatic rings. The van der Waals surface area contributed by atoms with Crippen molar-refractivity contribution in [2.24, 2.45) is 0 Å². The standard InChI is InChI=1S/C14H20N2O2/c1-14(18)7-8-16(10-14)13(17)11-5-4-6-12(9-11)15(2)3/h4-6,9,18H,7-8,10H2,1-3H3. The Morgan fingerprint density at radius 3 is 2.72 bits per heavy atom. The van der Waals surface area contributed by atoms with Crippen LogP contribution in [0.25, 0.3) is 0 Å². The molecular formula is C14H20N2O2. The highest BCUT2D eigenvalue weighted by molar-refractivity contribution is 5.95. The smallest absolute Gasteiger partial charge is 0.254 e. The Morgan fingerprint density at radius 2 is 2.17 bits per heavy atom. The summed E-state index contributed by atoms with van der Waals surface area (Å²) in [4.78, 5) is 16.0. The SMILES string of the molecule is CN(C)c1cccc(C(=O)N2CCC(C)(O)C2)c1. The van der Waals surface area contributed by atoms with E-state index in [0.717, 1.165) is 5.69 Å². The number of carbonyl (C=O) groups excluding carboxylic acids is 1. The van der Waals surface area contributed by atoms with E-state index in [9.17, 15) is 9.90 Å². The molecular weight excluding hydrogens is 228 g/mol. The second kappa shape index (κ2) is 4.61. The molecule has 1 unspecified atom stereocenters. The molecule has 1 N–H and O–H groups in total. The van der Waals surface area contributed by atoms with Crippen LogP contribution in [0, 0.1) is 0 Å². The molecule has 1 amide bonds. The van der Waals surface area contributed by atoms with Gasteiger partial charge in [0.15, 0.2) is 0 Å². The van der Waals surface area contributed by atoms with Crippen molar-refractivity contribution in [2.75, 3.05) is 32.1 Å². The fraction of sp³-hybridized carbons (Fsp3) is 0.500.